The van der Waals surface area contributed by atoms with Gasteiger partial charge in [0.2, 0.25) is 0 Å². The highest BCUT2D eigenvalue weighted by molar-refractivity contribution is 5.96. The van der Waals surface area contributed by atoms with E-state index in [1.807, 2.05) is 62.4 Å². The fraction of sp³-hybridized carbons (Fsp3) is 0.353. The number of nitrogens with one attached hydrogen (secondary N) is 1. The third kappa shape index (κ3) is 9.16. The first-order valence-corrected chi connectivity index (χ1v) is 14.8. The van der Waals surface area contributed by atoms with Crippen LogP contribution in [0.2, 0.25) is 0 Å². The van der Waals surface area contributed by atoms with Crippen LogP contribution in [-0.2, 0) is 11.2 Å². The summed E-state index contributed by atoms with van der Waals surface area (Å²) in [4.78, 5) is 41.9. The van der Waals surface area contributed by atoms with Gasteiger partial charge in [-0.2, -0.15) is 0 Å². The largest absolute Gasteiger partial charge is 0.494 e. The van der Waals surface area contributed by atoms with E-state index < -0.39 is 17.9 Å². The quantitative estimate of drug-likeness (QED) is 0.152. The van der Waals surface area contributed by atoms with Crippen LogP contribution in [0.4, 0.5) is 0 Å². The van der Waals surface area contributed by atoms with Crippen molar-refractivity contribution in [3.63, 3.8) is 0 Å². The minimum absolute atomic E-state index is 0.116. The molecular formula is C34H39N5O4. The van der Waals surface area contributed by atoms with E-state index in [2.05, 4.69) is 32.2 Å². The molecule has 2 aromatic heterocycles. The lowest BCUT2D eigenvalue weighted by molar-refractivity contribution is -0.139. The van der Waals surface area contributed by atoms with E-state index in [4.69, 9.17) is 4.74 Å². The second kappa shape index (κ2) is 15.5. The topological polar surface area (TPSA) is 127 Å². The van der Waals surface area contributed by atoms with Crippen molar-refractivity contribution in [2.24, 2.45) is 0 Å². The molecule has 4 aromatic rings. The van der Waals surface area contributed by atoms with Crippen LogP contribution in [0.15, 0.2) is 73.3 Å². The van der Waals surface area contributed by atoms with Gasteiger partial charge in [-0.3, -0.25) is 4.79 Å². The monoisotopic (exact) mass is 581 g/mol. The number of ether oxygens (including phenoxy) is 1. The standard InChI is InChI=1S/C34H39N5O4/c1-4-5-6-7-8-17-43-29-15-13-25(14-16-29)27-19-37-32(38-20-27)26-11-9-24(10-12-26)18-30(34(41)42)39-33(40)28-21-35-31(23(2)3)36-22-28/h9-16,19-23,30H,4-8,17-18H2,1-3H3,(H,39,40)(H,41,42). The minimum Gasteiger partial charge on any atom is -0.494 e. The van der Waals surface area contributed by atoms with Crippen molar-refractivity contribution in [3.8, 4) is 28.3 Å². The molecule has 1 amide bonds. The van der Waals surface area contributed by atoms with E-state index in [0.717, 1.165) is 41.0 Å². The lowest BCUT2D eigenvalue weighted by atomic mass is 10.0. The van der Waals surface area contributed by atoms with Crippen molar-refractivity contribution in [2.45, 2.75) is 71.3 Å². The molecule has 0 aliphatic carbocycles. The first kappa shape index (κ1) is 31.3. The molecule has 1 atom stereocenters. The first-order valence-electron chi connectivity index (χ1n) is 14.8. The number of amides is 1. The smallest absolute Gasteiger partial charge is 0.326 e. The van der Waals surface area contributed by atoms with Gasteiger partial charge in [0.15, 0.2) is 5.82 Å². The van der Waals surface area contributed by atoms with E-state index in [0.29, 0.717) is 11.6 Å². The van der Waals surface area contributed by atoms with Gasteiger partial charge >= 0.3 is 5.97 Å². The number of rotatable bonds is 15. The molecule has 1 unspecified atom stereocenters. The molecule has 2 aromatic carbocycles. The van der Waals surface area contributed by atoms with Gasteiger partial charge in [0, 0.05) is 48.3 Å². The van der Waals surface area contributed by atoms with Crippen LogP contribution >= 0.6 is 0 Å². The Balaban J connectivity index is 1.32. The number of benzene rings is 2. The predicted molar refractivity (Wildman–Crippen MR) is 166 cm³/mol. The molecule has 4 rings (SSSR count). The Morgan fingerprint density at radius 2 is 1.42 bits per heavy atom. The lowest BCUT2D eigenvalue weighted by Crippen LogP contribution is -2.42. The number of hydrogen-bond acceptors (Lipinski definition) is 7. The lowest BCUT2D eigenvalue weighted by Gasteiger charge is -2.15. The molecule has 0 aliphatic heterocycles. The van der Waals surface area contributed by atoms with Crippen molar-refractivity contribution in [1.82, 2.24) is 25.3 Å². The summed E-state index contributed by atoms with van der Waals surface area (Å²) in [5, 5.41) is 12.3. The number of aromatic nitrogens is 4. The Labute approximate surface area is 252 Å². The summed E-state index contributed by atoms with van der Waals surface area (Å²) in [5.41, 5.74) is 3.67. The summed E-state index contributed by atoms with van der Waals surface area (Å²) in [6.07, 6.45) is 12.6. The average Bonchev–Trinajstić information content (AvgIpc) is 3.03. The van der Waals surface area contributed by atoms with Gasteiger partial charge < -0.3 is 15.2 Å². The maximum atomic E-state index is 12.6. The van der Waals surface area contributed by atoms with Gasteiger partial charge in [-0.05, 0) is 29.7 Å². The van der Waals surface area contributed by atoms with Crippen LogP contribution in [0, 0.1) is 0 Å². The molecule has 0 saturated carbocycles. The molecule has 9 heteroatoms. The van der Waals surface area contributed by atoms with Gasteiger partial charge in [-0.1, -0.05) is 82.9 Å². The number of hydrogen-bond donors (Lipinski definition) is 2. The summed E-state index contributed by atoms with van der Waals surface area (Å²) in [5.74, 6) is 0.503. The van der Waals surface area contributed by atoms with Crippen LogP contribution in [0.3, 0.4) is 0 Å². The molecular weight excluding hydrogens is 542 g/mol. The third-order valence-electron chi connectivity index (χ3n) is 7.06. The Bertz CT molecular complexity index is 1460. The number of carboxylic acid groups (broad SMARTS) is 1. The third-order valence-corrected chi connectivity index (χ3v) is 7.06. The van der Waals surface area contributed by atoms with E-state index in [1.54, 1.807) is 12.4 Å². The zero-order valence-electron chi connectivity index (χ0n) is 25.0. The minimum atomic E-state index is -1.13. The van der Waals surface area contributed by atoms with Crippen LogP contribution in [-0.4, -0.2) is 49.6 Å². The molecule has 0 saturated heterocycles. The maximum absolute atomic E-state index is 12.6. The molecule has 0 bridgehead atoms. The normalized spacial score (nSPS) is 11.7. The van der Waals surface area contributed by atoms with Crippen molar-refractivity contribution < 1.29 is 19.4 Å². The number of carbonyl (C=O) groups is 2. The van der Waals surface area contributed by atoms with Crippen molar-refractivity contribution in [1.29, 1.82) is 0 Å². The van der Waals surface area contributed by atoms with Gasteiger partial charge in [0.25, 0.3) is 5.91 Å². The number of aliphatic carboxylic acids is 1. The summed E-state index contributed by atoms with van der Waals surface area (Å²) in [6, 6.07) is 14.2. The molecule has 0 spiro atoms. The fourth-order valence-corrected chi connectivity index (χ4v) is 4.49. The first-order chi connectivity index (χ1) is 20.8. The van der Waals surface area contributed by atoms with Crippen LogP contribution in [0.25, 0.3) is 22.5 Å². The number of carboxylic acids is 1. The van der Waals surface area contributed by atoms with Gasteiger partial charge in [0.05, 0.1) is 12.2 Å². The maximum Gasteiger partial charge on any atom is 0.326 e. The number of unbranched alkanes of at least 4 members (excludes halogenated alkanes) is 4. The molecule has 2 N–H and O–H groups in total. The zero-order chi connectivity index (χ0) is 30.6. The van der Waals surface area contributed by atoms with Crippen molar-refractivity contribution >= 4 is 11.9 Å². The molecule has 0 radical (unpaired) electrons. The average molecular weight is 582 g/mol. The fourth-order valence-electron chi connectivity index (χ4n) is 4.49. The highest BCUT2D eigenvalue weighted by Gasteiger charge is 2.22. The highest BCUT2D eigenvalue weighted by Crippen LogP contribution is 2.24. The van der Waals surface area contributed by atoms with Crippen molar-refractivity contribution in [3.05, 3.63) is 90.3 Å². The van der Waals surface area contributed by atoms with E-state index in [1.165, 1.54) is 38.1 Å². The Morgan fingerprint density at radius 1 is 0.791 bits per heavy atom. The number of nitrogens with zero attached hydrogens (tertiary/aromatic N) is 4. The summed E-state index contributed by atoms with van der Waals surface area (Å²) < 4.78 is 5.86. The second-order valence-corrected chi connectivity index (χ2v) is 10.8. The van der Waals surface area contributed by atoms with E-state index >= 15 is 0 Å². The summed E-state index contributed by atoms with van der Waals surface area (Å²) in [6.45, 7) is 6.85. The molecule has 43 heavy (non-hydrogen) atoms. The van der Waals surface area contributed by atoms with Gasteiger partial charge in [-0.15, -0.1) is 0 Å². The van der Waals surface area contributed by atoms with E-state index in [-0.39, 0.29) is 17.9 Å². The van der Waals surface area contributed by atoms with E-state index in [9.17, 15) is 14.7 Å². The molecule has 0 aliphatic rings. The highest BCUT2D eigenvalue weighted by atomic mass is 16.5. The summed E-state index contributed by atoms with van der Waals surface area (Å²) >= 11 is 0. The molecule has 0 fully saturated rings. The van der Waals surface area contributed by atoms with Crippen LogP contribution < -0.4 is 10.1 Å². The molecule has 2 heterocycles. The van der Waals surface area contributed by atoms with Crippen LogP contribution in [0.1, 0.15) is 80.5 Å². The number of carbonyl (C=O) groups excluding carboxylic acids is 1. The predicted octanol–water partition coefficient (Wildman–Crippen LogP) is 6.50. The SMILES string of the molecule is CCCCCCCOc1ccc(-c2cnc(-c3ccc(CC(NC(=O)c4cnc(C(C)C)nc4)C(=O)O)cc3)nc2)cc1. The van der Waals surface area contributed by atoms with Crippen molar-refractivity contribution in [2.75, 3.05) is 6.61 Å². The Hall–Kier alpha value is -4.66. The second-order valence-electron chi connectivity index (χ2n) is 10.8. The Morgan fingerprint density at radius 3 is 2.02 bits per heavy atom. The molecule has 9 nitrogen and oxygen atoms in total. The van der Waals surface area contributed by atoms with Gasteiger partial charge in [-0.25, -0.2) is 24.7 Å². The zero-order valence-corrected chi connectivity index (χ0v) is 25.0. The van der Waals surface area contributed by atoms with Crippen LogP contribution in [0.5, 0.6) is 5.75 Å². The van der Waals surface area contributed by atoms with Gasteiger partial charge in [0.1, 0.15) is 17.6 Å². The summed E-state index contributed by atoms with van der Waals surface area (Å²) in [7, 11) is 0. The Kier molecular flexibility index (Phi) is 11.3. The molecule has 224 valence electrons.